The molecule has 0 spiro atoms. The van der Waals surface area contributed by atoms with Crippen molar-refractivity contribution in [2.75, 3.05) is 6.54 Å². The molecule has 4 heteroatoms. The molecule has 1 atom stereocenters. The maximum atomic E-state index is 13.6. The summed E-state index contributed by atoms with van der Waals surface area (Å²) in [4.78, 5) is 2.07. The number of nitrogens with zero attached hydrogens (tertiary/aromatic N) is 1. The first kappa shape index (κ1) is 13.4. The van der Waals surface area contributed by atoms with Crippen LogP contribution in [-0.2, 0) is 6.54 Å². The Morgan fingerprint density at radius 2 is 2.11 bits per heavy atom. The third-order valence-corrected chi connectivity index (χ3v) is 3.57. The normalized spacial score (nSPS) is 21.5. The van der Waals surface area contributed by atoms with Crippen molar-refractivity contribution in [3.05, 3.63) is 35.4 Å². The summed E-state index contributed by atoms with van der Waals surface area (Å²) in [5, 5.41) is 10.1. The lowest BCUT2D eigenvalue weighted by molar-refractivity contribution is -0.00532. The van der Waals surface area contributed by atoms with Crippen LogP contribution in [0.1, 0.15) is 32.3 Å². The minimum atomic E-state index is -0.799. The maximum Gasteiger partial charge on any atom is 0.130 e. The standard InChI is InChI=1S/C14H19F2NO/c1-14(2,18)13-4-3-7-17(13)9-10-5-6-11(15)8-12(10)16/h5-6,8,13,18H,3-4,7,9H2,1-2H3. The van der Waals surface area contributed by atoms with Crippen molar-refractivity contribution in [1.29, 1.82) is 0 Å². The van der Waals surface area contributed by atoms with Gasteiger partial charge in [-0.05, 0) is 39.3 Å². The fraction of sp³-hybridized carbons (Fsp3) is 0.571. The van der Waals surface area contributed by atoms with E-state index in [4.69, 9.17) is 0 Å². The van der Waals surface area contributed by atoms with Gasteiger partial charge in [0, 0.05) is 24.2 Å². The Bertz CT molecular complexity index is 428. The van der Waals surface area contributed by atoms with Crippen molar-refractivity contribution in [3.63, 3.8) is 0 Å². The molecule has 0 saturated carbocycles. The molecule has 1 aliphatic rings. The van der Waals surface area contributed by atoms with Gasteiger partial charge >= 0.3 is 0 Å². The average molecular weight is 255 g/mol. The number of hydrogen-bond acceptors (Lipinski definition) is 2. The first-order valence-corrected chi connectivity index (χ1v) is 6.28. The summed E-state index contributed by atoms with van der Waals surface area (Å²) >= 11 is 0. The number of halogens is 2. The van der Waals surface area contributed by atoms with Crippen LogP contribution in [0, 0.1) is 11.6 Å². The lowest BCUT2D eigenvalue weighted by Gasteiger charge is -2.33. The van der Waals surface area contributed by atoms with Gasteiger partial charge in [0.15, 0.2) is 0 Å². The molecule has 1 aliphatic heterocycles. The molecule has 18 heavy (non-hydrogen) atoms. The van der Waals surface area contributed by atoms with Crippen LogP contribution in [0.5, 0.6) is 0 Å². The van der Waals surface area contributed by atoms with Crippen molar-refractivity contribution in [2.45, 2.75) is 44.9 Å². The summed E-state index contributed by atoms with van der Waals surface area (Å²) in [6, 6.07) is 3.68. The van der Waals surface area contributed by atoms with E-state index >= 15 is 0 Å². The van der Waals surface area contributed by atoms with Crippen LogP contribution in [0.15, 0.2) is 18.2 Å². The molecule has 2 nitrogen and oxygen atoms in total. The molecule has 1 unspecified atom stereocenters. The molecule has 1 aromatic carbocycles. The second-order valence-electron chi connectivity index (χ2n) is 5.52. The number of rotatable bonds is 3. The van der Waals surface area contributed by atoms with E-state index in [9.17, 15) is 13.9 Å². The molecule has 1 saturated heterocycles. The predicted octanol–water partition coefficient (Wildman–Crippen LogP) is 2.70. The zero-order valence-electron chi connectivity index (χ0n) is 10.8. The second kappa shape index (κ2) is 4.94. The smallest absolute Gasteiger partial charge is 0.130 e. The molecular weight excluding hydrogens is 236 g/mol. The highest BCUT2D eigenvalue weighted by molar-refractivity contribution is 5.19. The van der Waals surface area contributed by atoms with Gasteiger partial charge in [-0.15, -0.1) is 0 Å². The number of hydrogen-bond donors (Lipinski definition) is 1. The Labute approximate surface area is 106 Å². The van der Waals surface area contributed by atoms with Crippen LogP contribution < -0.4 is 0 Å². The van der Waals surface area contributed by atoms with Gasteiger partial charge in [-0.3, -0.25) is 4.90 Å². The average Bonchev–Trinajstić information content (AvgIpc) is 2.70. The second-order valence-corrected chi connectivity index (χ2v) is 5.52. The fourth-order valence-corrected chi connectivity index (χ4v) is 2.68. The molecular formula is C14H19F2NO. The number of likely N-dealkylation sites (tertiary alicyclic amines) is 1. The largest absolute Gasteiger partial charge is 0.389 e. The Morgan fingerprint density at radius 3 is 2.72 bits per heavy atom. The van der Waals surface area contributed by atoms with Crippen LogP contribution in [0.2, 0.25) is 0 Å². The molecule has 100 valence electrons. The van der Waals surface area contributed by atoms with E-state index in [-0.39, 0.29) is 6.04 Å². The molecule has 1 N–H and O–H groups in total. The van der Waals surface area contributed by atoms with E-state index in [2.05, 4.69) is 4.90 Å². The SMILES string of the molecule is CC(C)(O)C1CCCN1Cc1ccc(F)cc1F. The quantitative estimate of drug-likeness (QED) is 0.897. The number of aliphatic hydroxyl groups is 1. The summed E-state index contributed by atoms with van der Waals surface area (Å²) < 4.78 is 26.4. The van der Waals surface area contributed by atoms with E-state index in [1.54, 1.807) is 13.8 Å². The van der Waals surface area contributed by atoms with E-state index in [1.807, 2.05) is 0 Å². The summed E-state index contributed by atoms with van der Waals surface area (Å²) in [7, 11) is 0. The minimum absolute atomic E-state index is 0.0296. The molecule has 1 heterocycles. The van der Waals surface area contributed by atoms with Crippen molar-refractivity contribution >= 4 is 0 Å². The number of benzene rings is 1. The Kier molecular flexibility index (Phi) is 3.69. The Balaban J connectivity index is 2.13. The maximum absolute atomic E-state index is 13.6. The van der Waals surface area contributed by atoms with E-state index < -0.39 is 17.2 Å². The summed E-state index contributed by atoms with van der Waals surface area (Å²) in [5.41, 5.74) is -0.319. The summed E-state index contributed by atoms with van der Waals surface area (Å²) in [6.07, 6.45) is 1.91. The highest BCUT2D eigenvalue weighted by Gasteiger charge is 2.35. The van der Waals surface area contributed by atoms with Gasteiger partial charge in [0.1, 0.15) is 11.6 Å². The van der Waals surface area contributed by atoms with Crippen LogP contribution in [-0.4, -0.2) is 28.2 Å². The Hall–Kier alpha value is -1.00. The topological polar surface area (TPSA) is 23.5 Å². The third-order valence-electron chi connectivity index (χ3n) is 3.57. The van der Waals surface area contributed by atoms with Crippen LogP contribution in [0.3, 0.4) is 0 Å². The van der Waals surface area contributed by atoms with Gasteiger partial charge in [0.25, 0.3) is 0 Å². The third kappa shape index (κ3) is 2.87. The molecule has 1 fully saturated rings. The van der Waals surface area contributed by atoms with Crippen molar-refractivity contribution < 1.29 is 13.9 Å². The molecule has 0 bridgehead atoms. The lowest BCUT2D eigenvalue weighted by atomic mass is 9.96. The van der Waals surface area contributed by atoms with E-state index in [0.717, 1.165) is 25.5 Å². The van der Waals surface area contributed by atoms with Gasteiger partial charge < -0.3 is 5.11 Å². The highest BCUT2D eigenvalue weighted by Crippen LogP contribution is 2.28. The van der Waals surface area contributed by atoms with Gasteiger partial charge in [-0.2, -0.15) is 0 Å². The molecule has 2 rings (SSSR count). The summed E-state index contributed by atoms with van der Waals surface area (Å²) in [5.74, 6) is -1.08. The monoisotopic (exact) mass is 255 g/mol. The van der Waals surface area contributed by atoms with Crippen LogP contribution in [0.25, 0.3) is 0 Å². The highest BCUT2D eigenvalue weighted by atomic mass is 19.1. The van der Waals surface area contributed by atoms with Gasteiger partial charge in [0.2, 0.25) is 0 Å². The predicted molar refractivity (Wildman–Crippen MR) is 66.1 cm³/mol. The first-order valence-electron chi connectivity index (χ1n) is 6.28. The van der Waals surface area contributed by atoms with Crippen molar-refractivity contribution in [3.8, 4) is 0 Å². The van der Waals surface area contributed by atoms with Crippen molar-refractivity contribution in [2.24, 2.45) is 0 Å². The molecule has 1 aromatic rings. The van der Waals surface area contributed by atoms with Gasteiger partial charge in [-0.1, -0.05) is 6.07 Å². The first-order chi connectivity index (χ1) is 8.38. The molecule has 0 radical (unpaired) electrons. The molecule has 0 aliphatic carbocycles. The molecule has 0 amide bonds. The van der Waals surface area contributed by atoms with Gasteiger partial charge in [-0.25, -0.2) is 8.78 Å². The zero-order valence-corrected chi connectivity index (χ0v) is 10.8. The summed E-state index contributed by atoms with van der Waals surface area (Å²) in [6.45, 7) is 4.81. The van der Waals surface area contributed by atoms with Gasteiger partial charge in [0.05, 0.1) is 5.60 Å². The van der Waals surface area contributed by atoms with E-state index in [1.165, 1.54) is 12.1 Å². The lowest BCUT2D eigenvalue weighted by Crippen LogP contribution is -2.45. The molecule has 0 aromatic heterocycles. The Morgan fingerprint density at radius 1 is 1.39 bits per heavy atom. The van der Waals surface area contributed by atoms with E-state index in [0.29, 0.717) is 12.1 Å². The van der Waals surface area contributed by atoms with Crippen LogP contribution >= 0.6 is 0 Å². The minimum Gasteiger partial charge on any atom is -0.389 e. The fourth-order valence-electron chi connectivity index (χ4n) is 2.68. The van der Waals surface area contributed by atoms with Crippen molar-refractivity contribution in [1.82, 2.24) is 4.90 Å². The zero-order chi connectivity index (χ0) is 13.3. The van der Waals surface area contributed by atoms with Crippen LogP contribution in [0.4, 0.5) is 8.78 Å².